The fourth-order valence-corrected chi connectivity index (χ4v) is 0.306. The molecule has 0 aromatic rings. The van der Waals surface area contributed by atoms with Gasteiger partial charge in [0.1, 0.15) is 0 Å². The van der Waals surface area contributed by atoms with E-state index in [-0.39, 0.29) is 0 Å². The molecule has 0 spiro atoms. The minimum atomic E-state index is -0.472. The van der Waals surface area contributed by atoms with Gasteiger partial charge in [-0.2, -0.15) is 0 Å². The van der Waals surface area contributed by atoms with Gasteiger partial charge in [-0.15, -0.1) is 0 Å². The molecular formula is C5H11Cl2NPt. The zero-order valence-electron chi connectivity index (χ0n) is 5.27. The van der Waals surface area contributed by atoms with Gasteiger partial charge in [-0.25, -0.2) is 0 Å². The second-order valence-corrected chi connectivity index (χ2v) is 4.67. The molecule has 0 aromatic carbocycles. The molecule has 0 aliphatic heterocycles. The summed E-state index contributed by atoms with van der Waals surface area (Å²) in [6, 6.07) is 0. The first-order valence-electron chi connectivity index (χ1n) is 2.64. The van der Waals surface area contributed by atoms with Gasteiger partial charge in [0.2, 0.25) is 0 Å². The van der Waals surface area contributed by atoms with E-state index in [9.17, 15) is 0 Å². The van der Waals surface area contributed by atoms with Gasteiger partial charge >= 0.3 is 35.3 Å². The summed E-state index contributed by atoms with van der Waals surface area (Å²) in [6.07, 6.45) is 4.79. The van der Waals surface area contributed by atoms with Gasteiger partial charge in [0, 0.05) is 0 Å². The van der Waals surface area contributed by atoms with Crippen LogP contribution >= 0.6 is 18.8 Å². The molecule has 0 saturated heterocycles. The standard InChI is InChI=1S/C5H11N.2ClH.Pt/c1-2-3-4-5-6;;;/h5-6H,2-4H2,1H3;2*1H;/q;;;+2/p-2. The first-order chi connectivity index (χ1) is 4.33. The Labute approximate surface area is 73.0 Å². The second kappa shape index (κ2) is 16.0. The molecule has 0 aliphatic rings. The quantitative estimate of drug-likeness (QED) is 0.597. The van der Waals surface area contributed by atoms with Crippen molar-refractivity contribution >= 4 is 25.1 Å². The monoisotopic (exact) mass is 350 g/mol. The molecule has 0 heterocycles. The predicted molar refractivity (Wildman–Crippen MR) is 40.0 cm³/mol. The predicted octanol–water partition coefficient (Wildman–Crippen LogP) is 3.20. The Hall–Kier alpha value is 0.938. The van der Waals surface area contributed by atoms with E-state index in [0.717, 1.165) is 6.42 Å². The molecule has 9 heavy (non-hydrogen) atoms. The van der Waals surface area contributed by atoms with Crippen LogP contribution in [0.3, 0.4) is 0 Å². The van der Waals surface area contributed by atoms with E-state index in [4.69, 9.17) is 24.2 Å². The van der Waals surface area contributed by atoms with Crippen molar-refractivity contribution in [1.82, 2.24) is 0 Å². The zero-order chi connectivity index (χ0) is 7.54. The fourth-order valence-electron chi connectivity index (χ4n) is 0.306. The number of hydrogen-bond donors (Lipinski definition) is 1. The summed E-state index contributed by atoms with van der Waals surface area (Å²) >= 11 is -0.472. The van der Waals surface area contributed by atoms with Crippen molar-refractivity contribution in [3.8, 4) is 0 Å². The number of hydrogen-bond acceptors (Lipinski definition) is 1. The summed E-state index contributed by atoms with van der Waals surface area (Å²) in [4.78, 5) is 0. The van der Waals surface area contributed by atoms with Gasteiger partial charge in [0.15, 0.2) is 0 Å². The molecule has 0 aromatic heterocycles. The first kappa shape index (κ1) is 12.6. The molecule has 0 rings (SSSR count). The molecule has 0 amide bonds. The van der Waals surface area contributed by atoms with Gasteiger partial charge in [-0.05, 0) is 19.1 Å². The summed E-state index contributed by atoms with van der Waals surface area (Å²) in [5.41, 5.74) is 0. The van der Waals surface area contributed by atoms with E-state index < -0.39 is 16.5 Å². The normalized spacial score (nSPS) is 7.89. The van der Waals surface area contributed by atoms with E-state index in [1.807, 2.05) is 0 Å². The third-order valence-electron chi connectivity index (χ3n) is 0.702. The Kier molecular flexibility index (Phi) is 22.4. The number of halogens is 2. The molecular weight excluding hydrogens is 340 g/mol. The van der Waals surface area contributed by atoms with Crippen LogP contribution in [0.2, 0.25) is 0 Å². The van der Waals surface area contributed by atoms with E-state index in [1.165, 1.54) is 19.1 Å². The molecule has 0 atom stereocenters. The number of unbranched alkanes of at least 4 members (excludes halogenated alkanes) is 2. The van der Waals surface area contributed by atoms with Gasteiger partial charge in [-0.1, -0.05) is 13.3 Å². The van der Waals surface area contributed by atoms with Crippen LogP contribution in [0.1, 0.15) is 26.2 Å². The van der Waals surface area contributed by atoms with Crippen LogP contribution in [0.15, 0.2) is 0 Å². The van der Waals surface area contributed by atoms with Gasteiger partial charge in [-0.3, -0.25) is 0 Å². The second-order valence-electron chi connectivity index (χ2n) is 1.39. The van der Waals surface area contributed by atoms with Crippen molar-refractivity contribution in [3.05, 3.63) is 0 Å². The first-order valence-corrected chi connectivity index (χ1v) is 8.27. The molecule has 0 fully saturated rings. The summed E-state index contributed by atoms with van der Waals surface area (Å²) in [5, 5.41) is 6.58. The van der Waals surface area contributed by atoms with Gasteiger partial charge in [0.05, 0.1) is 0 Å². The van der Waals surface area contributed by atoms with E-state index >= 15 is 0 Å². The molecule has 0 saturated carbocycles. The Morgan fingerprint density at radius 1 is 1.56 bits per heavy atom. The maximum absolute atomic E-state index is 6.58. The average molecular weight is 351 g/mol. The molecule has 1 N–H and O–H groups in total. The van der Waals surface area contributed by atoms with Crippen LogP contribution in [0.4, 0.5) is 0 Å². The van der Waals surface area contributed by atoms with E-state index in [1.54, 1.807) is 0 Å². The van der Waals surface area contributed by atoms with Gasteiger partial charge in [0.25, 0.3) is 0 Å². The summed E-state index contributed by atoms with van der Waals surface area (Å²) in [6.45, 7) is 2.13. The van der Waals surface area contributed by atoms with Crippen molar-refractivity contribution < 1.29 is 16.5 Å². The molecule has 0 bridgehead atoms. The minimum absolute atomic E-state index is 0.472. The SMILES string of the molecule is CCCCC=N.[Cl][Pt][Cl]. The number of nitrogens with one attached hydrogen (secondary N) is 1. The Balaban J connectivity index is 0. The van der Waals surface area contributed by atoms with Crippen molar-refractivity contribution in [2.75, 3.05) is 0 Å². The van der Waals surface area contributed by atoms with Crippen LogP contribution < -0.4 is 0 Å². The Morgan fingerprint density at radius 2 is 2.00 bits per heavy atom. The van der Waals surface area contributed by atoms with Crippen molar-refractivity contribution in [2.24, 2.45) is 0 Å². The summed E-state index contributed by atoms with van der Waals surface area (Å²) < 4.78 is 0. The average Bonchev–Trinajstić information content (AvgIpc) is 1.86. The third-order valence-corrected chi connectivity index (χ3v) is 0.702. The van der Waals surface area contributed by atoms with Crippen molar-refractivity contribution in [1.29, 1.82) is 5.41 Å². The van der Waals surface area contributed by atoms with Gasteiger partial charge < -0.3 is 5.41 Å². The Morgan fingerprint density at radius 3 is 2.11 bits per heavy atom. The summed E-state index contributed by atoms with van der Waals surface area (Å²) in [7, 11) is 9.75. The molecule has 4 heteroatoms. The van der Waals surface area contributed by atoms with Crippen LogP contribution in [-0.2, 0) is 16.5 Å². The molecule has 0 unspecified atom stereocenters. The van der Waals surface area contributed by atoms with Crippen molar-refractivity contribution in [2.45, 2.75) is 26.2 Å². The van der Waals surface area contributed by atoms with Crippen molar-refractivity contribution in [3.63, 3.8) is 0 Å². The van der Waals surface area contributed by atoms with Crippen LogP contribution in [0.25, 0.3) is 0 Å². The molecule has 0 aliphatic carbocycles. The molecule has 60 valence electrons. The Bertz CT molecular complexity index is 52.2. The summed E-state index contributed by atoms with van der Waals surface area (Å²) in [5.74, 6) is 0. The number of rotatable bonds is 3. The fraction of sp³-hybridized carbons (Fsp3) is 0.800. The maximum atomic E-state index is 6.58. The zero-order valence-corrected chi connectivity index (χ0v) is 9.05. The van der Waals surface area contributed by atoms with Crippen LogP contribution in [-0.4, -0.2) is 6.21 Å². The van der Waals surface area contributed by atoms with E-state index in [2.05, 4.69) is 6.92 Å². The topological polar surface area (TPSA) is 23.9 Å². The van der Waals surface area contributed by atoms with E-state index in [0.29, 0.717) is 0 Å². The van der Waals surface area contributed by atoms with Crippen LogP contribution in [0, 0.1) is 5.41 Å². The molecule has 1 nitrogen and oxygen atoms in total. The third kappa shape index (κ3) is 27.7. The van der Waals surface area contributed by atoms with Crippen LogP contribution in [0.5, 0.6) is 0 Å². The molecule has 0 radical (unpaired) electrons.